The Morgan fingerprint density at radius 1 is 0.718 bits per heavy atom. The van der Waals surface area contributed by atoms with Crippen molar-refractivity contribution in [3.63, 3.8) is 0 Å². The van der Waals surface area contributed by atoms with Crippen LogP contribution in [0.25, 0.3) is 0 Å². The molecule has 0 amide bonds. The minimum Gasteiger partial charge on any atom is -0.778 e. The number of hydrogen-bond acceptors (Lipinski definition) is 10. The van der Waals surface area contributed by atoms with Crippen molar-refractivity contribution in [2.45, 2.75) is 146 Å². The van der Waals surface area contributed by atoms with Crippen LogP contribution in [0.15, 0.2) is 0 Å². The van der Waals surface area contributed by atoms with Crippen molar-refractivity contribution in [2.24, 2.45) is 0 Å². The molecule has 0 aromatic carbocycles. The van der Waals surface area contributed by atoms with Gasteiger partial charge in [-0.3, -0.25) is 0 Å². The normalized spacial score (nSPS) is 27.6. The molecule has 0 radical (unpaired) electrons. The quantitative estimate of drug-likeness (QED) is 0.0601. The molecule has 1 fully saturated rings. The second kappa shape index (κ2) is 23.3. The van der Waals surface area contributed by atoms with Gasteiger partial charge in [0.1, 0.15) is 44.2 Å². The molecule has 0 aromatic rings. The number of unbranched alkanes of at least 4 members (excludes halogenated alkanes) is 13. The summed E-state index contributed by atoms with van der Waals surface area (Å²) >= 11 is 0. The third-order valence-corrected chi connectivity index (χ3v) is 8.73. The van der Waals surface area contributed by atoms with Crippen LogP contribution in [0.4, 0.5) is 0 Å². The Hall–Kier alpha value is 0.870. The van der Waals surface area contributed by atoms with Crippen molar-refractivity contribution in [3.8, 4) is 0 Å². The van der Waals surface area contributed by atoms with Gasteiger partial charge in [-0.25, -0.2) is 0 Å². The molecule has 0 aromatic heterocycles. The molecular weight excluding hydrogens is 538 g/mol. The summed E-state index contributed by atoms with van der Waals surface area (Å²) in [6.07, 6.45) is 6.02. The first-order chi connectivity index (χ1) is 18.1. The maximum Gasteiger partial charge on any atom is 1.00 e. The molecule has 5 N–H and O–H groups in total. The van der Waals surface area contributed by atoms with Gasteiger partial charge in [0, 0.05) is 19.9 Å². The summed E-state index contributed by atoms with van der Waals surface area (Å²) in [4.78, 5) is 12.4. The van der Waals surface area contributed by atoms with Gasteiger partial charge in [0.05, 0.1) is 12.7 Å². The van der Waals surface area contributed by atoms with Gasteiger partial charge in [-0.2, -0.15) is 0 Å². The number of aliphatic hydroxyl groups excluding tert-OH is 5. The molecule has 0 heterocycles. The summed E-state index contributed by atoms with van der Waals surface area (Å²) in [7, 11) is -3.10. The molecule has 3 unspecified atom stereocenters. The van der Waals surface area contributed by atoms with E-state index in [9.17, 15) is 35.0 Å². The zero-order valence-electron chi connectivity index (χ0n) is 24.5. The summed E-state index contributed by atoms with van der Waals surface area (Å²) in [5.74, 6) is 0. The Balaban J connectivity index is 0.0000144. The standard InChI is InChI=1S/C27H55O10P.Na/c1-3-4-5-6-7-8-9-10-11-12-13-14-15-16-18-36-20-21(35-2)17-19-38(33,34)37-27-25(31)23(29)22(28)24(30)26(27)32;/h21-32H,3-20H2,1-2H3,(H,33,34);/q;+1/p-1/t21-,22?,23-,24+,25+,26+,27?;/m0./s1. The van der Waals surface area contributed by atoms with Gasteiger partial charge < -0.3 is 49.0 Å². The molecule has 1 rings (SSSR count). The zero-order chi connectivity index (χ0) is 28.4. The first-order valence-corrected chi connectivity index (χ1v) is 16.4. The Morgan fingerprint density at radius 3 is 1.56 bits per heavy atom. The molecule has 228 valence electrons. The predicted molar refractivity (Wildman–Crippen MR) is 144 cm³/mol. The van der Waals surface area contributed by atoms with E-state index in [0.29, 0.717) is 6.61 Å². The Labute approximate surface area is 257 Å². The van der Waals surface area contributed by atoms with Crippen LogP contribution in [0.2, 0.25) is 0 Å². The summed E-state index contributed by atoms with van der Waals surface area (Å²) in [6, 6.07) is 0. The van der Waals surface area contributed by atoms with Crippen LogP contribution in [0.5, 0.6) is 0 Å². The fourth-order valence-corrected chi connectivity index (χ4v) is 6.07. The van der Waals surface area contributed by atoms with Gasteiger partial charge in [-0.15, -0.1) is 0 Å². The number of ether oxygens (including phenoxy) is 2. The molecule has 1 aliphatic rings. The number of aliphatic hydroxyl groups is 5. The first-order valence-electron chi connectivity index (χ1n) is 14.6. The summed E-state index contributed by atoms with van der Waals surface area (Å²) in [5, 5.41) is 49.1. The van der Waals surface area contributed by atoms with Crippen molar-refractivity contribution in [1.29, 1.82) is 0 Å². The minimum absolute atomic E-state index is 0. The maximum absolute atomic E-state index is 12.4. The van der Waals surface area contributed by atoms with E-state index < -0.39 is 56.5 Å². The SMILES string of the molecule is CCCCCCCCCCCCCCCCOC[C@H](CCP(=O)([O-])OC1[C@H](O)[C@H](O)C(O)[C@H](O)[C@H]1O)OC.[Na+]. The third-order valence-electron chi connectivity index (χ3n) is 7.36. The van der Waals surface area contributed by atoms with Gasteiger partial charge in [0.15, 0.2) is 0 Å². The van der Waals surface area contributed by atoms with E-state index in [1.54, 1.807) is 0 Å². The third kappa shape index (κ3) is 16.9. The molecule has 8 atom stereocenters. The molecule has 0 bridgehead atoms. The molecule has 10 nitrogen and oxygen atoms in total. The Kier molecular flexibility index (Phi) is 23.9. The summed E-state index contributed by atoms with van der Waals surface area (Å²) < 4.78 is 28.2. The van der Waals surface area contributed by atoms with Crippen LogP contribution in [0, 0.1) is 0 Å². The van der Waals surface area contributed by atoms with Crippen molar-refractivity contribution in [3.05, 3.63) is 0 Å². The average molecular weight is 593 g/mol. The molecule has 39 heavy (non-hydrogen) atoms. The van der Waals surface area contributed by atoms with E-state index in [0.717, 1.165) is 12.8 Å². The molecule has 1 saturated carbocycles. The van der Waals surface area contributed by atoms with Crippen LogP contribution in [-0.4, -0.2) is 94.7 Å². The summed E-state index contributed by atoms with van der Waals surface area (Å²) in [6.45, 7) is 3.05. The van der Waals surface area contributed by atoms with Gasteiger partial charge in [-0.05, 0) is 12.8 Å². The molecule has 0 spiro atoms. The zero-order valence-corrected chi connectivity index (χ0v) is 27.4. The van der Waals surface area contributed by atoms with Crippen LogP contribution in [0.1, 0.15) is 103 Å². The van der Waals surface area contributed by atoms with E-state index in [1.807, 2.05) is 0 Å². The van der Waals surface area contributed by atoms with E-state index in [2.05, 4.69) is 6.92 Å². The van der Waals surface area contributed by atoms with Crippen LogP contribution in [-0.2, 0) is 18.6 Å². The van der Waals surface area contributed by atoms with Crippen molar-refractivity contribution < 1.29 is 78.5 Å². The molecule has 12 heteroatoms. The molecule has 1 aliphatic carbocycles. The summed E-state index contributed by atoms with van der Waals surface area (Å²) in [5.41, 5.74) is 0. The minimum atomic E-state index is -4.56. The van der Waals surface area contributed by atoms with Crippen molar-refractivity contribution >= 4 is 7.60 Å². The first kappa shape index (κ1) is 39.9. The van der Waals surface area contributed by atoms with Crippen LogP contribution >= 0.6 is 7.60 Å². The second-order valence-corrected chi connectivity index (χ2v) is 12.6. The molecular formula is C27H54NaO10P. The molecule has 0 aliphatic heterocycles. The van der Waals surface area contributed by atoms with E-state index in [4.69, 9.17) is 14.0 Å². The van der Waals surface area contributed by atoms with E-state index >= 15 is 0 Å². The number of rotatable bonds is 23. The van der Waals surface area contributed by atoms with Crippen LogP contribution in [0.3, 0.4) is 0 Å². The number of methoxy groups -OCH3 is 1. The van der Waals surface area contributed by atoms with Gasteiger partial charge in [-0.1, -0.05) is 90.4 Å². The van der Waals surface area contributed by atoms with Gasteiger partial charge >= 0.3 is 29.6 Å². The Morgan fingerprint density at radius 2 is 1.13 bits per heavy atom. The topological polar surface area (TPSA) is 169 Å². The van der Waals surface area contributed by atoms with Gasteiger partial charge in [0.25, 0.3) is 0 Å². The molecule has 0 saturated heterocycles. The fraction of sp³-hybridized carbons (Fsp3) is 1.00. The van der Waals surface area contributed by atoms with Crippen molar-refractivity contribution in [2.75, 3.05) is 26.5 Å². The fourth-order valence-electron chi connectivity index (χ4n) is 4.74. The van der Waals surface area contributed by atoms with Gasteiger partial charge in [0.2, 0.25) is 0 Å². The van der Waals surface area contributed by atoms with Crippen LogP contribution < -0.4 is 34.5 Å². The predicted octanol–water partition coefficient (Wildman–Crippen LogP) is -0.350. The average Bonchev–Trinajstić information content (AvgIpc) is 2.90. The smallest absolute Gasteiger partial charge is 0.778 e. The monoisotopic (exact) mass is 592 g/mol. The second-order valence-electron chi connectivity index (χ2n) is 10.7. The van der Waals surface area contributed by atoms with E-state index in [-0.39, 0.29) is 42.6 Å². The number of hydrogen-bond donors (Lipinski definition) is 5. The van der Waals surface area contributed by atoms with Crippen molar-refractivity contribution in [1.82, 2.24) is 0 Å². The Bertz CT molecular complexity index is 615. The largest absolute Gasteiger partial charge is 1.00 e. The maximum atomic E-state index is 12.4. The van der Waals surface area contributed by atoms with E-state index in [1.165, 1.54) is 84.2 Å².